The van der Waals surface area contributed by atoms with Gasteiger partial charge >= 0.3 is 18.0 Å². The van der Waals surface area contributed by atoms with E-state index in [1.54, 1.807) is 21.7 Å². The standard InChI is InChI=1S/C31H35N5O4S.C31H34N4O4S/c1-35-27(17-33-30(35)40)25-13-10-20(16-32-25)23-8-4-5-9-24(23)26-18-41-31(34-26)36(22-11-12-22)29(39)21(15-28(37)38)14-19-6-2-3-7-19;36-28-14-22(17-33-28)26-12-9-20(16-32-26)24-7-3-4-8-25(24)27-18-40-31(34-27)35(23-10-11-23)30(39)21(15-29(37)38)13-19-5-1-2-6-19/h4-5,8-10,13,16,18-19,21-22,27H,2-3,6-7,11-12,14-15,17H2,1H3,(H,33,40)(H,37,38);3-4,7-9,12,16,18-19,21-23H,1-2,5-6,10-11,13-15,17H2,(H,33,36)(H,37,38)/t;21-,22?/m.1/s1. The highest BCUT2D eigenvalue weighted by Gasteiger charge is 2.42. The Labute approximate surface area is 479 Å². The summed E-state index contributed by atoms with van der Waals surface area (Å²) in [4.78, 5) is 99.1. The quantitative estimate of drug-likeness (QED) is 0.0560. The molecule has 12 rings (SSSR count). The zero-order valence-corrected chi connectivity index (χ0v) is 47.2. The third kappa shape index (κ3) is 13.0. The third-order valence-corrected chi connectivity index (χ3v) is 18.7. The van der Waals surface area contributed by atoms with Crippen LogP contribution in [0.15, 0.2) is 96.0 Å². The second-order valence-corrected chi connectivity index (χ2v) is 24.5. The van der Waals surface area contributed by atoms with Crippen molar-refractivity contribution in [1.29, 1.82) is 0 Å². The lowest BCUT2D eigenvalue weighted by molar-refractivity contribution is -0.141. The maximum Gasteiger partial charge on any atom is 0.317 e. The summed E-state index contributed by atoms with van der Waals surface area (Å²) in [6.45, 7) is 1.15. The first kappa shape index (κ1) is 55.5. The predicted octanol–water partition coefficient (Wildman–Crippen LogP) is 11.4. The van der Waals surface area contributed by atoms with E-state index >= 15 is 0 Å². The van der Waals surface area contributed by atoms with E-state index in [0.717, 1.165) is 133 Å². The molecule has 0 spiro atoms. The second-order valence-electron chi connectivity index (χ2n) is 22.8. The highest BCUT2D eigenvalue weighted by atomic mass is 32.1. The van der Waals surface area contributed by atoms with Crippen molar-refractivity contribution < 1.29 is 39.0 Å². The molecule has 6 aliphatic rings. The van der Waals surface area contributed by atoms with Gasteiger partial charge in [0.15, 0.2) is 10.3 Å². The normalized spacial score (nSPS) is 19.8. The minimum Gasteiger partial charge on any atom is -0.481 e. The average Bonchev–Trinajstić information content (AvgIpc) is 4.18. The summed E-state index contributed by atoms with van der Waals surface area (Å²) in [5, 5.41) is 30.1. The molecule has 0 bridgehead atoms. The first-order valence-electron chi connectivity index (χ1n) is 28.7. The molecule has 17 nitrogen and oxygen atoms in total. The Hall–Kier alpha value is -7.38. The molecule has 5 amide bonds. The van der Waals surface area contributed by atoms with Crippen LogP contribution in [0.4, 0.5) is 15.1 Å². The fraction of sp³-hybridized carbons (Fsp3) is 0.452. The number of aliphatic carboxylic acids is 2. The van der Waals surface area contributed by atoms with Gasteiger partial charge in [-0.2, -0.15) is 0 Å². The lowest BCUT2D eigenvalue weighted by Gasteiger charge is -2.26. The van der Waals surface area contributed by atoms with Crippen molar-refractivity contribution in [3.05, 3.63) is 107 Å². The number of anilines is 2. The van der Waals surface area contributed by atoms with Crippen LogP contribution in [-0.4, -0.2) is 103 Å². The maximum atomic E-state index is 13.9. The zero-order valence-electron chi connectivity index (χ0n) is 45.6. The summed E-state index contributed by atoms with van der Waals surface area (Å²) in [5.41, 5.74) is 9.06. The molecule has 6 heterocycles. The lowest BCUT2D eigenvalue weighted by atomic mass is 9.90. The fourth-order valence-electron chi connectivity index (χ4n) is 12.4. The van der Waals surface area contributed by atoms with E-state index in [1.807, 2.05) is 96.0 Å². The number of hydrogen-bond donors (Lipinski definition) is 4. The smallest absolute Gasteiger partial charge is 0.317 e. The number of hydrogen-bond acceptors (Lipinski definition) is 12. The predicted molar refractivity (Wildman–Crippen MR) is 311 cm³/mol. The van der Waals surface area contributed by atoms with Crippen LogP contribution in [0.25, 0.3) is 44.8 Å². The molecule has 3 unspecified atom stereocenters. The van der Waals surface area contributed by atoms with E-state index < -0.39 is 23.8 Å². The molecule has 4 aliphatic carbocycles. The number of benzene rings is 2. The Bertz CT molecular complexity index is 3260. The number of likely N-dealkylation sites (N-methyl/N-ethyl adjacent to an activating group) is 1. The summed E-state index contributed by atoms with van der Waals surface area (Å²) < 4.78 is 0. The van der Waals surface area contributed by atoms with Gasteiger partial charge in [-0.3, -0.25) is 43.7 Å². The zero-order chi connectivity index (χ0) is 56.1. The molecule has 6 aromatic rings. The molecule has 2 aromatic carbocycles. The van der Waals surface area contributed by atoms with E-state index in [0.29, 0.717) is 54.5 Å². The number of pyridine rings is 2. The van der Waals surface area contributed by atoms with Crippen LogP contribution >= 0.6 is 22.7 Å². The Morgan fingerprint density at radius 1 is 0.605 bits per heavy atom. The largest absolute Gasteiger partial charge is 0.481 e. The molecular weight excluding hydrogens is 1060 g/mol. The highest BCUT2D eigenvalue weighted by Crippen LogP contribution is 2.43. The molecule has 422 valence electrons. The highest BCUT2D eigenvalue weighted by molar-refractivity contribution is 7.14. The van der Waals surface area contributed by atoms with Gasteiger partial charge in [0, 0.05) is 107 Å². The number of nitrogens with zero attached hydrogens (tertiary/aromatic N) is 7. The number of thiazole rings is 2. The SMILES string of the molecule is CN1C(=O)NCC1c1ccc(-c2ccccc2-c2csc(N(C(=O)C(CC(=O)O)CC3CCCC3)C3CC3)n2)cn1.O=C(O)C[C@@H](CC1CCCC1)C(=O)N(c1nc(-c2ccccc2-c2ccc(C3CNC(=O)C3)nc2)cs1)C1CC1. The van der Waals surface area contributed by atoms with E-state index in [2.05, 4.69) is 20.6 Å². The van der Waals surface area contributed by atoms with Crippen molar-refractivity contribution in [3.63, 3.8) is 0 Å². The molecule has 19 heteroatoms. The first-order chi connectivity index (χ1) is 39.3. The van der Waals surface area contributed by atoms with E-state index in [9.17, 15) is 39.0 Å². The second kappa shape index (κ2) is 24.8. The monoisotopic (exact) mass is 1130 g/mol. The summed E-state index contributed by atoms with van der Waals surface area (Å²) in [7, 11) is 1.77. The molecule has 2 saturated heterocycles. The van der Waals surface area contributed by atoms with Gasteiger partial charge in [0.05, 0.1) is 36.0 Å². The number of aromatic nitrogens is 4. The van der Waals surface area contributed by atoms with Crippen molar-refractivity contribution in [2.24, 2.45) is 23.7 Å². The van der Waals surface area contributed by atoms with Gasteiger partial charge in [0.1, 0.15) is 0 Å². The van der Waals surface area contributed by atoms with Crippen LogP contribution < -0.4 is 20.4 Å². The number of carboxylic acids is 2. The summed E-state index contributed by atoms with van der Waals surface area (Å²) in [5.74, 6) is -2.06. The summed E-state index contributed by atoms with van der Waals surface area (Å²) in [6, 6.07) is 24.0. The fourth-order valence-corrected chi connectivity index (χ4v) is 14.2. The van der Waals surface area contributed by atoms with Crippen molar-refractivity contribution >= 4 is 68.6 Å². The number of amides is 5. The van der Waals surface area contributed by atoms with Gasteiger partial charge in [0.25, 0.3) is 0 Å². The Balaban J connectivity index is 0.000000170. The van der Waals surface area contributed by atoms with E-state index in [1.165, 1.54) is 22.7 Å². The van der Waals surface area contributed by atoms with Gasteiger partial charge < -0.3 is 25.7 Å². The van der Waals surface area contributed by atoms with Gasteiger partial charge in [-0.05, 0) is 73.6 Å². The van der Waals surface area contributed by atoms with Crippen LogP contribution in [0.2, 0.25) is 0 Å². The minimum atomic E-state index is -0.923. The van der Waals surface area contributed by atoms with Crippen LogP contribution in [0.1, 0.15) is 133 Å². The summed E-state index contributed by atoms with van der Waals surface area (Å²) in [6.07, 6.45) is 17.8. The summed E-state index contributed by atoms with van der Waals surface area (Å²) >= 11 is 2.88. The van der Waals surface area contributed by atoms with Gasteiger partial charge in [-0.15, -0.1) is 22.7 Å². The van der Waals surface area contributed by atoms with Gasteiger partial charge in [-0.1, -0.05) is 112 Å². The van der Waals surface area contributed by atoms with E-state index in [-0.39, 0.29) is 60.6 Å². The van der Waals surface area contributed by atoms with Crippen LogP contribution in [0, 0.1) is 23.7 Å². The number of carboxylic acid groups (broad SMARTS) is 2. The Morgan fingerprint density at radius 2 is 1.06 bits per heavy atom. The molecular formula is C62H69N9O8S2. The molecule has 2 aliphatic heterocycles. The Kier molecular flexibility index (Phi) is 17.0. The molecule has 0 radical (unpaired) electrons. The van der Waals surface area contributed by atoms with Crippen molar-refractivity contribution in [2.75, 3.05) is 29.9 Å². The first-order valence-corrected chi connectivity index (χ1v) is 30.5. The van der Waals surface area contributed by atoms with Crippen molar-refractivity contribution in [3.8, 4) is 44.8 Å². The lowest BCUT2D eigenvalue weighted by Crippen LogP contribution is -2.39. The number of urea groups is 1. The number of rotatable bonds is 20. The average molecular weight is 1130 g/mol. The molecule has 4 N–H and O–H groups in total. The van der Waals surface area contributed by atoms with Crippen LogP contribution in [0.3, 0.4) is 0 Å². The van der Waals surface area contributed by atoms with Crippen LogP contribution in [-0.2, 0) is 24.0 Å². The Morgan fingerprint density at radius 3 is 1.44 bits per heavy atom. The minimum absolute atomic E-state index is 0.0621. The number of carbonyl (C=O) groups is 6. The van der Waals surface area contributed by atoms with Gasteiger partial charge in [0.2, 0.25) is 17.7 Å². The van der Waals surface area contributed by atoms with Crippen LogP contribution in [0.5, 0.6) is 0 Å². The molecule has 4 aromatic heterocycles. The topological polar surface area (TPSA) is 228 Å². The number of carbonyl (C=O) groups excluding carboxylic acids is 4. The molecule has 4 saturated carbocycles. The van der Waals surface area contributed by atoms with Crippen molar-refractivity contribution in [2.45, 2.75) is 133 Å². The number of nitrogens with one attached hydrogen (secondary N) is 2. The third-order valence-electron chi connectivity index (χ3n) is 17.0. The maximum absolute atomic E-state index is 13.9. The van der Waals surface area contributed by atoms with Crippen molar-refractivity contribution in [1.82, 2.24) is 35.5 Å². The molecule has 6 fully saturated rings. The molecule has 4 atom stereocenters. The van der Waals surface area contributed by atoms with E-state index in [4.69, 9.17) is 9.97 Å². The molecule has 81 heavy (non-hydrogen) atoms. The van der Waals surface area contributed by atoms with Gasteiger partial charge in [-0.25, -0.2) is 14.8 Å².